The van der Waals surface area contributed by atoms with Crippen LogP contribution in [0, 0.1) is 5.41 Å². The molecule has 0 spiro atoms. The average Bonchev–Trinajstić information content (AvgIpc) is 2.45. The largest absolute Gasteiger partial charge is 0.388 e. The van der Waals surface area contributed by atoms with E-state index in [2.05, 4.69) is 30.9 Å². The van der Waals surface area contributed by atoms with Crippen LogP contribution in [0.5, 0.6) is 0 Å². The summed E-state index contributed by atoms with van der Waals surface area (Å²) < 4.78 is 0.812. The molecule has 0 fully saturated rings. The number of rotatable bonds is 6. The molecule has 0 unspecified atom stereocenters. The zero-order chi connectivity index (χ0) is 14.4. The monoisotopic (exact) mass is 334 g/mol. The van der Waals surface area contributed by atoms with Gasteiger partial charge in [0.1, 0.15) is 12.1 Å². The highest BCUT2D eigenvalue weighted by atomic mass is 79.9. The van der Waals surface area contributed by atoms with Crippen molar-refractivity contribution in [3.05, 3.63) is 47.1 Å². The third-order valence-corrected chi connectivity index (χ3v) is 3.25. The Balaban J connectivity index is 2.20. The van der Waals surface area contributed by atoms with Crippen molar-refractivity contribution in [1.82, 2.24) is 15.0 Å². The van der Waals surface area contributed by atoms with E-state index in [-0.39, 0.29) is 5.84 Å². The quantitative estimate of drug-likeness (QED) is 0.622. The van der Waals surface area contributed by atoms with Crippen LogP contribution in [0.25, 0.3) is 0 Å². The van der Waals surface area contributed by atoms with E-state index >= 15 is 0 Å². The second-order valence-electron chi connectivity index (χ2n) is 4.25. The topological polar surface area (TPSA) is 91.8 Å². The Morgan fingerprint density at radius 2 is 2.20 bits per heavy atom. The SMILES string of the molecule is N=C(N)CCN(Cc1cccnc1)c1ncncc1Br. The number of aromatic nitrogens is 3. The smallest absolute Gasteiger partial charge is 0.146 e. The zero-order valence-corrected chi connectivity index (χ0v) is 12.4. The van der Waals surface area contributed by atoms with Crippen molar-refractivity contribution in [3.63, 3.8) is 0 Å². The van der Waals surface area contributed by atoms with Crippen molar-refractivity contribution < 1.29 is 0 Å². The van der Waals surface area contributed by atoms with Gasteiger partial charge < -0.3 is 10.6 Å². The van der Waals surface area contributed by atoms with Crippen LogP contribution in [0.4, 0.5) is 5.82 Å². The molecule has 6 nitrogen and oxygen atoms in total. The first-order chi connectivity index (χ1) is 9.66. The van der Waals surface area contributed by atoms with Gasteiger partial charge in [-0.15, -0.1) is 0 Å². The van der Waals surface area contributed by atoms with E-state index in [1.807, 2.05) is 23.2 Å². The number of nitrogens with two attached hydrogens (primary N) is 1. The molecule has 0 atom stereocenters. The fraction of sp³-hybridized carbons (Fsp3) is 0.231. The minimum Gasteiger partial charge on any atom is -0.388 e. The summed E-state index contributed by atoms with van der Waals surface area (Å²) in [6, 6.07) is 3.90. The predicted octanol–water partition coefficient (Wildman–Crippen LogP) is 1.97. The molecule has 2 aromatic heterocycles. The van der Waals surface area contributed by atoms with Crippen molar-refractivity contribution in [3.8, 4) is 0 Å². The molecule has 2 rings (SSSR count). The number of amidine groups is 1. The molecule has 20 heavy (non-hydrogen) atoms. The molecule has 0 amide bonds. The Bertz CT molecular complexity index is 574. The van der Waals surface area contributed by atoms with Crippen LogP contribution in [0.1, 0.15) is 12.0 Å². The zero-order valence-electron chi connectivity index (χ0n) is 10.8. The lowest BCUT2D eigenvalue weighted by atomic mass is 10.2. The summed E-state index contributed by atoms with van der Waals surface area (Å²) in [5.74, 6) is 0.941. The molecular weight excluding hydrogens is 320 g/mol. The molecule has 0 aliphatic carbocycles. The summed E-state index contributed by atoms with van der Waals surface area (Å²) >= 11 is 3.45. The molecule has 0 radical (unpaired) electrons. The van der Waals surface area contributed by atoms with Crippen LogP contribution < -0.4 is 10.6 Å². The lowest BCUT2D eigenvalue weighted by Gasteiger charge is -2.24. The van der Waals surface area contributed by atoms with Crippen molar-refractivity contribution in [2.75, 3.05) is 11.4 Å². The van der Waals surface area contributed by atoms with Crippen LogP contribution in [-0.4, -0.2) is 27.3 Å². The summed E-state index contributed by atoms with van der Waals surface area (Å²) in [5.41, 5.74) is 6.52. The van der Waals surface area contributed by atoms with Crippen molar-refractivity contribution in [1.29, 1.82) is 5.41 Å². The summed E-state index contributed by atoms with van der Waals surface area (Å²) in [6.07, 6.45) is 7.24. The van der Waals surface area contributed by atoms with Gasteiger partial charge in [-0.3, -0.25) is 10.4 Å². The molecule has 0 saturated carbocycles. The molecule has 2 aromatic rings. The summed E-state index contributed by atoms with van der Waals surface area (Å²) in [5, 5.41) is 7.38. The first-order valence-electron chi connectivity index (χ1n) is 6.09. The van der Waals surface area contributed by atoms with E-state index < -0.39 is 0 Å². The van der Waals surface area contributed by atoms with E-state index in [4.69, 9.17) is 11.1 Å². The third-order valence-electron chi connectivity index (χ3n) is 2.70. The van der Waals surface area contributed by atoms with Crippen molar-refractivity contribution in [2.45, 2.75) is 13.0 Å². The Kier molecular flexibility index (Phi) is 5.00. The highest BCUT2D eigenvalue weighted by molar-refractivity contribution is 9.10. The first kappa shape index (κ1) is 14.4. The maximum absolute atomic E-state index is 7.38. The van der Waals surface area contributed by atoms with Gasteiger partial charge in [0.15, 0.2) is 0 Å². The molecule has 2 heterocycles. The van der Waals surface area contributed by atoms with E-state index in [1.165, 1.54) is 6.33 Å². The highest BCUT2D eigenvalue weighted by Gasteiger charge is 2.12. The molecule has 0 bridgehead atoms. The van der Waals surface area contributed by atoms with E-state index in [9.17, 15) is 0 Å². The number of anilines is 1. The second kappa shape index (κ2) is 6.95. The van der Waals surface area contributed by atoms with E-state index in [0.717, 1.165) is 15.9 Å². The van der Waals surface area contributed by atoms with Gasteiger partial charge in [0.2, 0.25) is 0 Å². The van der Waals surface area contributed by atoms with Gasteiger partial charge >= 0.3 is 0 Å². The summed E-state index contributed by atoms with van der Waals surface area (Å²) in [4.78, 5) is 14.4. The third kappa shape index (κ3) is 3.99. The fourth-order valence-electron chi connectivity index (χ4n) is 1.77. The second-order valence-corrected chi connectivity index (χ2v) is 5.11. The Hall–Kier alpha value is -2.02. The Morgan fingerprint density at radius 1 is 1.35 bits per heavy atom. The van der Waals surface area contributed by atoms with Gasteiger partial charge in [-0.25, -0.2) is 9.97 Å². The number of pyridine rings is 1. The Labute approximate surface area is 125 Å². The summed E-state index contributed by atoms with van der Waals surface area (Å²) in [6.45, 7) is 1.26. The van der Waals surface area contributed by atoms with E-state index in [1.54, 1.807) is 12.4 Å². The van der Waals surface area contributed by atoms with Crippen molar-refractivity contribution >= 4 is 27.6 Å². The minimum absolute atomic E-state index is 0.159. The lowest BCUT2D eigenvalue weighted by Crippen LogP contribution is -2.28. The average molecular weight is 335 g/mol. The van der Waals surface area contributed by atoms with Crippen LogP contribution in [0.2, 0.25) is 0 Å². The Morgan fingerprint density at radius 3 is 2.85 bits per heavy atom. The van der Waals surface area contributed by atoms with Gasteiger partial charge in [0, 0.05) is 38.1 Å². The van der Waals surface area contributed by atoms with Crippen molar-refractivity contribution in [2.24, 2.45) is 5.73 Å². The molecule has 3 N–H and O–H groups in total. The molecule has 0 aliphatic rings. The molecule has 0 aromatic carbocycles. The molecular formula is C13H15BrN6. The lowest BCUT2D eigenvalue weighted by molar-refractivity contribution is 0.778. The fourth-order valence-corrected chi connectivity index (χ4v) is 2.24. The van der Waals surface area contributed by atoms with Crippen LogP contribution >= 0.6 is 15.9 Å². The highest BCUT2D eigenvalue weighted by Crippen LogP contribution is 2.23. The van der Waals surface area contributed by atoms with Gasteiger partial charge in [-0.1, -0.05) is 6.07 Å². The minimum atomic E-state index is 0.159. The standard InChI is InChI=1S/C13H15BrN6/c14-11-7-18-9-19-13(11)20(5-3-12(15)16)8-10-2-1-4-17-6-10/h1-2,4,6-7,9H,3,5,8H2,(H3,15,16). The van der Waals surface area contributed by atoms with Gasteiger partial charge in [-0.05, 0) is 27.6 Å². The predicted molar refractivity (Wildman–Crippen MR) is 81.6 cm³/mol. The number of hydrogen-bond acceptors (Lipinski definition) is 5. The molecule has 0 aliphatic heterocycles. The number of nitrogens with zero attached hydrogens (tertiary/aromatic N) is 4. The molecule has 104 valence electrons. The maximum atomic E-state index is 7.38. The van der Waals surface area contributed by atoms with Crippen LogP contribution in [0.3, 0.4) is 0 Å². The van der Waals surface area contributed by atoms with Crippen LogP contribution in [-0.2, 0) is 6.54 Å². The summed E-state index contributed by atoms with van der Waals surface area (Å²) in [7, 11) is 0. The maximum Gasteiger partial charge on any atom is 0.146 e. The molecule has 0 saturated heterocycles. The number of hydrogen-bond donors (Lipinski definition) is 2. The molecule has 7 heteroatoms. The first-order valence-corrected chi connectivity index (χ1v) is 6.88. The van der Waals surface area contributed by atoms with E-state index in [0.29, 0.717) is 19.5 Å². The number of halogens is 1. The van der Waals surface area contributed by atoms with Gasteiger partial charge in [-0.2, -0.15) is 0 Å². The van der Waals surface area contributed by atoms with Gasteiger partial charge in [0.25, 0.3) is 0 Å². The number of nitrogens with one attached hydrogen (secondary N) is 1. The van der Waals surface area contributed by atoms with Gasteiger partial charge in [0.05, 0.1) is 10.3 Å². The normalized spacial score (nSPS) is 10.2. The van der Waals surface area contributed by atoms with Crippen LogP contribution in [0.15, 0.2) is 41.5 Å².